The van der Waals surface area contributed by atoms with Gasteiger partial charge in [0.25, 0.3) is 0 Å². The third-order valence-corrected chi connectivity index (χ3v) is 15.6. The number of hydrogen-bond donors (Lipinski definition) is 0. The number of aromatic nitrogens is 2. The van der Waals surface area contributed by atoms with Gasteiger partial charge in [-0.05, 0) is 104 Å². The summed E-state index contributed by atoms with van der Waals surface area (Å²) >= 11 is 0. The summed E-state index contributed by atoms with van der Waals surface area (Å²) in [6, 6.07) is 90.1. The van der Waals surface area contributed by atoms with Crippen LogP contribution in [0.25, 0.3) is 83.3 Å². The van der Waals surface area contributed by atoms with Gasteiger partial charge in [-0.15, -0.1) is 53.6 Å². The Morgan fingerprint density at radius 3 is 1.64 bits per heavy atom. The average molecular weight is 1230 g/mol. The van der Waals surface area contributed by atoms with Crippen molar-refractivity contribution in [2.24, 2.45) is 0 Å². The third-order valence-electron chi connectivity index (χ3n) is 15.6. The maximum absolute atomic E-state index is 7.04. The van der Waals surface area contributed by atoms with E-state index >= 15 is 0 Å². The standard InChI is InChI=1S/C75H61N4O.Pt/c1-50-41-72(76-48-67(50)53-25-15-10-16-26-53)79-68-40-35-56(52-23-13-9-14-24-52)43-66(68)65-39-38-61(47-71(65)79)80-62-45-59(75(5,6)7)44-60(46-62)77-49-78(70-32-18-17-31-69(70)77)73-63(54-33-36-58(37-34-54)74(2,3)4)29-20-30-64(73)57-28-19-27-55(42-57)51-21-11-8-12-22-51;/h8-45,48-49H,1-7H3;/q-3;. The number of anilines is 4. The van der Waals surface area contributed by atoms with Gasteiger partial charge in [-0.3, -0.25) is 0 Å². The fraction of sp³-hybridized carbons (Fsp3) is 0.120. The SMILES string of the molecule is Cc1cc(-n2c3[c-]c(Oc4[c-]c(N5[CH-]N(c6c(-c7ccc(C(C)(C)C)cc7)cccc6-c6cccc(-c7ccccc7)c6)c6ccccc65)cc(C(C)(C)C)c4)ccc3c3cc(-c4ccccc4)ccc32)ncc1-c1ccccc1.[Pt]. The van der Waals surface area contributed by atoms with Gasteiger partial charge in [0.2, 0.25) is 0 Å². The van der Waals surface area contributed by atoms with Crippen molar-refractivity contribution in [1.82, 2.24) is 9.55 Å². The molecule has 0 saturated carbocycles. The zero-order valence-electron chi connectivity index (χ0n) is 46.6. The molecule has 3 heterocycles. The van der Waals surface area contributed by atoms with E-state index in [1.54, 1.807) is 0 Å². The number of nitrogens with zero attached hydrogens (tertiary/aromatic N) is 4. The summed E-state index contributed by atoms with van der Waals surface area (Å²) in [4.78, 5) is 9.79. The van der Waals surface area contributed by atoms with Crippen LogP contribution in [0.5, 0.6) is 11.5 Å². The van der Waals surface area contributed by atoms with Crippen LogP contribution in [0.15, 0.2) is 237 Å². The first-order chi connectivity index (χ1) is 38.8. The number of para-hydroxylation sites is 3. The van der Waals surface area contributed by atoms with Crippen LogP contribution in [0.2, 0.25) is 0 Å². The molecule has 0 aliphatic carbocycles. The molecule has 0 bridgehead atoms. The molecule has 12 aromatic rings. The first-order valence-corrected chi connectivity index (χ1v) is 27.6. The van der Waals surface area contributed by atoms with Crippen molar-refractivity contribution >= 4 is 44.6 Å². The van der Waals surface area contributed by atoms with Crippen LogP contribution in [-0.4, -0.2) is 9.55 Å². The van der Waals surface area contributed by atoms with Crippen molar-refractivity contribution in [1.29, 1.82) is 0 Å². The molecule has 0 saturated heterocycles. The van der Waals surface area contributed by atoms with E-state index in [2.05, 4.69) is 300 Å². The van der Waals surface area contributed by atoms with Crippen LogP contribution in [0.3, 0.4) is 0 Å². The molecule has 0 fully saturated rings. The molecule has 2 aromatic heterocycles. The molecule has 400 valence electrons. The number of pyridine rings is 1. The molecule has 0 spiro atoms. The molecule has 0 atom stereocenters. The molecule has 10 aromatic carbocycles. The largest absolute Gasteiger partial charge is 0.509 e. The van der Waals surface area contributed by atoms with Crippen LogP contribution in [0.1, 0.15) is 58.2 Å². The molecular weight excluding hydrogens is 1170 g/mol. The maximum Gasteiger partial charge on any atom is 0.135 e. The molecule has 0 N–H and O–H groups in total. The Balaban J connectivity index is 0.00000651. The van der Waals surface area contributed by atoms with Gasteiger partial charge in [0, 0.05) is 78.0 Å². The van der Waals surface area contributed by atoms with E-state index in [0.29, 0.717) is 11.5 Å². The predicted molar refractivity (Wildman–Crippen MR) is 334 cm³/mol. The maximum atomic E-state index is 7.04. The van der Waals surface area contributed by atoms with Crippen molar-refractivity contribution in [3.63, 3.8) is 0 Å². The smallest absolute Gasteiger partial charge is 0.135 e. The zero-order chi connectivity index (χ0) is 54.7. The van der Waals surface area contributed by atoms with Crippen molar-refractivity contribution in [2.45, 2.75) is 59.3 Å². The fourth-order valence-electron chi connectivity index (χ4n) is 11.3. The molecule has 0 amide bonds. The molecule has 13 rings (SSSR count). The van der Waals surface area contributed by atoms with Gasteiger partial charge in [0.05, 0.1) is 0 Å². The van der Waals surface area contributed by atoms with E-state index in [-0.39, 0.29) is 31.9 Å². The Morgan fingerprint density at radius 2 is 0.988 bits per heavy atom. The molecule has 1 aliphatic rings. The van der Waals surface area contributed by atoms with Crippen molar-refractivity contribution in [3.05, 3.63) is 272 Å². The Labute approximate surface area is 491 Å². The van der Waals surface area contributed by atoms with Gasteiger partial charge in [-0.2, -0.15) is 6.07 Å². The number of ether oxygens (including phenoxy) is 1. The van der Waals surface area contributed by atoms with Gasteiger partial charge in [-0.1, -0.05) is 223 Å². The second kappa shape index (κ2) is 21.4. The Morgan fingerprint density at radius 1 is 0.432 bits per heavy atom. The average Bonchev–Trinajstić information content (AvgIpc) is 4.24. The summed E-state index contributed by atoms with van der Waals surface area (Å²) in [5.74, 6) is 1.99. The fourth-order valence-corrected chi connectivity index (χ4v) is 11.3. The van der Waals surface area contributed by atoms with E-state index in [4.69, 9.17) is 9.72 Å². The van der Waals surface area contributed by atoms with Crippen LogP contribution >= 0.6 is 0 Å². The van der Waals surface area contributed by atoms with E-state index in [0.717, 1.165) is 106 Å². The minimum Gasteiger partial charge on any atom is -0.509 e. The summed E-state index contributed by atoms with van der Waals surface area (Å²) < 4.78 is 9.26. The van der Waals surface area contributed by atoms with Crippen LogP contribution < -0.4 is 14.5 Å². The molecule has 6 heteroatoms. The first kappa shape index (κ1) is 52.9. The first-order valence-electron chi connectivity index (χ1n) is 27.6. The molecule has 81 heavy (non-hydrogen) atoms. The summed E-state index contributed by atoms with van der Waals surface area (Å²) in [6.45, 7) is 17.9. The molecular formula is C75H61N4OPt-3. The molecule has 0 unspecified atom stereocenters. The Hall–Kier alpha value is -8.76. The van der Waals surface area contributed by atoms with Crippen molar-refractivity contribution in [3.8, 4) is 73.0 Å². The van der Waals surface area contributed by atoms with Gasteiger partial charge in [0.15, 0.2) is 0 Å². The third kappa shape index (κ3) is 10.2. The van der Waals surface area contributed by atoms with Crippen molar-refractivity contribution < 1.29 is 25.8 Å². The Kier molecular flexibility index (Phi) is 14.0. The number of hydrogen-bond acceptors (Lipinski definition) is 4. The minimum absolute atomic E-state index is 0. The Bertz CT molecular complexity index is 4270. The molecule has 5 nitrogen and oxygen atoms in total. The number of rotatable bonds is 10. The predicted octanol–water partition coefficient (Wildman–Crippen LogP) is 20.2. The van der Waals surface area contributed by atoms with Gasteiger partial charge in [0.1, 0.15) is 5.82 Å². The number of fused-ring (bicyclic) bond motifs is 4. The second-order valence-electron chi connectivity index (χ2n) is 23.0. The van der Waals surface area contributed by atoms with E-state index in [1.165, 1.54) is 16.7 Å². The summed E-state index contributed by atoms with van der Waals surface area (Å²) in [6.07, 6.45) is 1.99. The van der Waals surface area contributed by atoms with Crippen LogP contribution in [0.4, 0.5) is 22.7 Å². The quantitative estimate of drug-likeness (QED) is 0.128. The monoisotopic (exact) mass is 1230 g/mol. The molecule has 1 aliphatic heterocycles. The zero-order valence-corrected chi connectivity index (χ0v) is 48.9. The van der Waals surface area contributed by atoms with E-state index < -0.39 is 0 Å². The van der Waals surface area contributed by atoms with E-state index in [1.807, 2.05) is 18.3 Å². The second-order valence-corrected chi connectivity index (χ2v) is 23.0. The van der Waals surface area contributed by atoms with Gasteiger partial charge in [-0.25, -0.2) is 4.98 Å². The molecule has 0 radical (unpaired) electrons. The topological polar surface area (TPSA) is 33.5 Å². The summed E-state index contributed by atoms with van der Waals surface area (Å²) in [5, 5.41) is 2.17. The van der Waals surface area contributed by atoms with Crippen molar-refractivity contribution in [2.75, 3.05) is 9.80 Å². The van der Waals surface area contributed by atoms with E-state index in [9.17, 15) is 0 Å². The van der Waals surface area contributed by atoms with Gasteiger partial charge < -0.3 is 19.1 Å². The summed E-state index contributed by atoms with van der Waals surface area (Å²) in [5.41, 5.74) is 20.8. The summed E-state index contributed by atoms with van der Waals surface area (Å²) in [7, 11) is 0. The van der Waals surface area contributed by atoms with Gasteiger partial charge >= 0.3 is 0 Å². The van der Waals surface area contributed by atoms with Crippen LogP contribution in [0, 0.1) is 25.7 Å². The number of benzene rings is 10. The number of aryl methyl sites for hydroxylation is 1. The minimum atomic E-state index is -0.227. The normalized spacial score (nSPS) is 12.4. The van der Waals surface area contributed by atoms with Crippen LogP contribution in [-0.2, 0) is 31.9 Å².